The number of nitrogens with zero attached hydrogens (tertiary/aromatic N) is 2. The van der Waals surface area contributed by atoms with E-state index < -0.39 is 0 Å². The maximum atomic E-state index is 2.63. The Morgan fingerprint density at radius 1 is 0.314 bits per heavy atom. The molecule has 0 radical (unpaired) electrons. The maximum absolute atomic E-state index is 2.63. The van der Waals surface area contributed by atoms with Crippen LogP contribution in [0.3, 0.4) is 0 Å². The topological polar surface area (TPSA) is 6.48 Å². The van der Waals surface area contributed by atoms with E-state index in [2.05, 4.69) is 319 Å². The fourth-order valence-corrected chi connectivity index (χ4v) is 16.5. The zero-order valence-electron chi connectivity index (χ0n) is 47.1. The molecule has 86 heavy (non-hydrogen) atoms. The molecule has 0 bridgehead atoms. The summed E-state index contributed by atoms with van der Waals surface area (Å²) in [6, 6.07) is 108. The van der Waals surface area contributed by atoms with E-state index in [1.54, 1.807) is 0 Å². The van der Waals surface area contributed by atoms with Crippen molar-refractivity contribution in [2.45, 2.75) is 11.3 Å². The lowest BCUT2D eigenvalue weighted by Crippen LogP contribution is -2.61. The van der Waals surface area contributed by atoms with Gasteiger partial charge in [-0.3, -0.25) is 0 Å². The van der Waals surface area contributed by atoms with Gasteiger partial charge in [-0.1, -0.05) is 267 Å². The first-order valence-corrected chi connectivity index (χ1v) is 30.3. The normalized spacial score (nSPS) is 17.2. The molecule has 3 heteroatoms. The maximum Gasteiger partial charge on any atom is 0.252 e. The molecule has 5 aliphatic rings. The number of hydrogen-bond donors (Lipinski definition) is 0. The van der Waals surface area contributed by atoms with Crippen LogP contribution in [0.2, 0.25) is 0 Å². The highest BCUT2D eigenvalue weighted by Gasteiger charge is 2.57. The van der Waals surface area contributed by atoms with E-state index in [1.807, 2.05) is 0 Å². The van der Waals surface area contributed by atoms with Crippen LogP contribution < -0.4 is 26.2 Å². The van der Waals surface area contributed by atoms with Crippen molar-refractivity contribution in [2.24, 2.45) is 5.92 Å². The number of hydrogen-bond acceptors (Lipinski definition) is 2. The van der Waals surface area contributed by atoms with Crippen LogP contribution in [0.4, 0.5) is 34.1 Å². The summed E-state index contributed by atoms with van der Waals surface area (Å²) < 4.78 is 0. The third kappa shape index (κ3) is 6.57. The van der Waals surface area contributed by atoms with Gasteiger partial charge in [0.05, 0.1) is 5.41 Å². The zero-order valence-corrected chi connectivity index (χ0v) is 47.1. The Morgan fingerprint density at radius 3 is 1.40 bits per heavy atom. The fraction of sp³-hybridized carbons (Fsp3) is 0.0361. The van der Waals surface area contributed by atoms with Crippen molar-refractivity contribution >= 4 is 100 Å². The van der Waals surface area contributed by atoms with Crippen LogP contribution in [0.1, 0.15) is 28.2 Å². The van der Waals surface area contributed by atoms with Gasteiger partial charge in [0.25, 0.3) is 6.71 Å². The predicted molar refractivity (Wildman–Crippen MR) is 363 cm³/mol. The van der Waals surface area contributed by atoms with Crippen molar-refractivity contribution in [1.29, 1.82) is 0 Å². The standard InChI is InChI=1S/C83H53BN2/c1-3-17-52(18-4-1)54-31-38-60(39-32-54)85-78-50-59(58-37-46-75-71(49-58)68-27-13-16-30-74(68)83(75)72-28-14-11-25-66(72)67-26-12-15-29-73(67)83)51-79-80(78)84(76-47-44-64-62-23-9-7-21-56(62)35-42-69(64)81(76)85)77-48-45-65-63-24-10-8-22-57(63)36-43-70(65)82(77)86(79)61-40-33-55(34-41-61)53-19-5-2-6-20-53/h1-51,66,72H. The van der Waals surface area contributed by atoms with Crippen LogP contribution in [0.15, 0.2) is 309 Å². The van der Waals surface area contributed by atoms with E-state index in [1.165, 1.54) is 149 Å². The molecule has 398 valence electrons. The summed E-state index contributed by atoms with van der Waals surface area (Å²) in [5.74, 6) is 0.553. The van der Waals surface area contributed by atoms with Gasteiger partial charge in [-0.15, -0.1) is 0 Å². The molecule has 0 saturated heterocycles. The molecule has 0 fully saturated rings. The van der Waals surface area contributed by atoms with Gasteiger partial charge in [0.2, 0.25) is 0 Å². The largest absolute Gasteiger partial charge is 0.311 e. The smallest absolute Gasteiger partial charge is 0.252 e. The molecule has 0 N–H and O–H groups in total. The van der Waals surface area contributed by atoms with E-state index in [4.69, 9.17) is 0 Å². The lowest BCUT2D eigenvalue weighted by atomic mass is 9.33. The van der Waals surface area contributed by atoms with Crippen molar-refractivity contribution in [2.75, 3.05) is 9.80 Å². The summed E-state index contributed by atoms with van der Waals surface area (Å²) in [5.41, 5.74) is 26.0. The molecule has 3 aliphatic carbocycles. The van der Waals surface area contributed by atoms with Crippen molar-refractivity contribution < 1.29 is 0 Å². The molecular weight excluding hydrogens is 1040 g/mol. The second-order valence-corrected chi connectivity index (χ2v) is 24.2. The fourth-order valence-electron chi connectivity index (χ4n) is 16.5. The first-order chi connectivity index (χ1) is 42.7. The van der Waals surface area contributed by atoms with Gasteiger partial charge in [0.1, 0.15) is 0 Å². The summed E-state index contributed by atoms with van der Waals surface area (Å²) in [7, 11) is 0. The van der Waals surface area contributed by atoms with Crippen molar-refractivity contribution in [3.63, 3.8) is 0 Å². The van der Waals surface area contributed by atoms with E-state index in [0.29, 0.717) is 5.92 Å². The van der Waals surface area contributed by atoms with Crippen LogP contribution in [-0.4, -0.2) is 6.71 Å². The Hall–Kier alpha value is -10.7. The summed E-state index contributed by atoms with van der Waals surface area (Å²) in [5, 5.41) is 9.96. The molecule has 19 rings (SSSR count). The van der Waals surface area contributed by atoms with Crippen LogP contribution in [0.25, 0.3) is 87.6 Å². The third-order valence-corrected chi connectivity index (χ3v) is 20.1. The Balaban J connectivity index is 0.923. The highest BCUT2D eigenvalue weighted by molar-refractivity contribution is 7.01. The van der Waals surface area contributed by atoms with Crippen LogP contribution in [-0.2, 0) is 5.41 Å². The van der Waals surface area contributed by atoms with Crippen molar-refractivity contribution in [3.05, 3.63) is 332 Å². The summed E-state index contributed by atoms with van der Waals surface area (Å²) in [6.45, 7) is -0.106. The predicted octanol–water partition coefficient (Wildman–Crippen LogP) is 19.5. The van der Waals surface area contributed by atoms with Crippen LogP contribution >= 0.6 is 0 Å². The Morgan fingerprint density at radius 2 is 0.791 bits per heavy atom. The number of benzene rings is 14. The van der Waals surface area contributed by atoms with Gasteiger partial charge in [-0.05, 0) is 158 Å². The molecule has 14 aromatic carbocycles. The van der Waals surface area contributed by atoms with Crippen LogP contribution in [0, 0.1) is 5.92 Å². The molecule has 0 saturated carbocycles. The molecular formula is C83H53BN2. The minimum absolute atomic E-state index is 0.106. The van der Waals surface area contributed by atoms with Gasteiger partial charge in [0, 0.05) is 56.7 Å². The van der Waals surface area contributed by atoms with Crippen molar-refractivity contribution in [3.8, 4) is 44.5 Å². The third-order valence-electron chi connectivity index (χ3n) is 20.1. The molecule has 0 aromatic heterocycles. The number of allylic oxidation sites excluding steroid dienone is 4. The van der Waals surface area contributed by atoms with E-state index >= 15 is 0 Å². The SMILES string of the molecule is C1=CC2c3ccccc3C3(c4ccccc4-c4cc(-c5cc6c7c(c5)N(c5ccc(-c8ccccc8)cc5)c5c(ccc8c5ccc5ccccc58)B7c5ccc7c(ccc8ccccc87)c5N6c5ccc(-c6ccccc6)cc5)ccc43)C2C=C1. The van der Waals surface area contributed by atoms with Gasteiger partial charge in [-0.25, -0.2) is 0 Å². The average Bonchev–Trinajstić information content (AvgIpc) is 1.28. The van der Waals surface area contributed by atoms with Gasteiger partial charge in [-0.2, -0.15) is 0 Å². The van der Waals surface area contributed by atoms with E-state index in [-0.39, 0.29) is 18.0 Å². The highest BCUT2D eigenvalue weighted by Crippen LogP contribution is 2.65. The number of anilines is 6. The quantitative estimate of drug-likeness (QED) is 0.125. The Bertz CT molecular complexity index is 5020. The molecule has 0 amide bonds. The van der Waals surface area contributed by atoms with Crippen molar-refractivity contribution in [1.82, 2.24) is 0 Å². The monoisotopic (exact) mass is 1090 g/mol. The molecule has 2 heterocycles. The van der Waals surface area contributed by atoms with E-state index in [0.717, 1.165) is 11.4 Å². The number of rotatable bonds is 5. The minimum Gasteiger partial charge on any atom is -0.311 e. The van der Waals surface area contributed by atoms with Crippen LogP contribution in [0.5, 0.6) is 0 Å². The second kappa shape index (κ2) is 18.1. The average molecular weight is 1090 g/mol. The van der Waals surface area contributed by atoms with E-state index in [9.17, 15) is 0 Å². The number of fused-ring (bicyclic) bond motifs is 22. The molecule has 3 atom stereocenters. The van der Waals surface area contributed by atoms with Gasteiger partial charge < -0.3 is 9.80 Å². The zero-order chi connectivity index (χ0) is 56.2. The Labute approximate surface area is 500 Å². The molecule has 14 aromatic rings. The highest BCUT2D eigenvalue weighted by atomic mass is 15.2. The Kier molecular flexibility index (Phi) is 10.1. The first kappa shape index (κ1) is 47.7. The summed E-state index contributed by atoms with van der Waals surface area (Å²) in [4.78, 5) is 5.26. The molecule has 3 unspecified atom stereocenters. The molecule has 2 aliphatic heterocycles. The molecule has 2 nitrogen and oxygen atoms in total. The molecule has 1 spiro atoms. The summed E-state index contributed by atoms with van der Waals surface area (Å²) in [6.07, 6.45) is 9.47. The summed E-state index contributed by atoms with van der Waals surface area (Å²) >= 11 is 0. The minimum atomic E-state index is -0.322. The lowest BCUT2D eigenvalue weighted by molar-refractivity contribution is 0.465. The lowest BCUT2D eigenvalue weighted by Gasteiger charge is -2.45. The first-order valence-electron chi connectivity index (χ1n) is 30.3. The van der Waals surface area contributed by atoms with Gasteiger partial charge >= 0.3 is 0 Å². The van der Waals surface area contributed by atoms with Gasteiger partial charge in [0.15, 0.2) is 0 Å². The second-order valence-electron chi connectivity index (χ2n) is 24.2.